The lowest BCUT2D eigenvalue weighted by Gasteiger charge is -2.32. The first-order valence-corrected chi connectivity index (χ1v) is 8.40. The fourth-order valence-corrected chi connectivity index (χ4v) is 3.58. The summed E-state index contributed by atoms with van der Waals surface area (Å²) in [4.78, 5) is 14.7. The van der Waals surface area contributed by atoms with Crippen LogP contribution in [0.3, 0.4) is 0 Å². The van der Waals surface area contributed by atoms with Crippen molar-refractivity contribution >= 4 is 5.91 Å². The Bertz CT molecular complexity index is 541. The van der Waals surface area contributed by atoms with E-state index in [1.54, 1.807) is 12.0 Å². The minimum absolute atomic E-state index is 0.113. The second-order valence-electron chi connectivity index (χ2n) is 7.32. The summed E-state index contributed by atoms with van der Waals surface area (Å²) in [5.41, 5.74) is 0.537. The number of methoxy groups -OCH3 is 1. The quantitative estimate of drug-likeness (QED) is 0.877. The molecule has 1 aromatic carbocycles. The lowest BCUT2D eigenvalue weighted by Crippen LogP contribution is -2.43. The van der Waals surface area contributed by atoms with Crippen LogP contribution >= 0.6 is 0 Å². The number of carbonyl (C=O) groups excluding carboxylic acids is 1. The van der Waals surface area contributed by atoms with Gasteiger partial charge in [0.25, 0.3) is 0 Å². The normalized spacial score (nSPS) is 21.3. The van der Waals surface area contributed by atoms with Crippen LogP contribution in [0.2, 0.25) is 0 Å². The maximum atomic E-state index is 12.9. The van der Waals surface area contributed by atoms with Crippen LogP contribution in [0.4, 0.5) is 0 Å². The number of rotatable bonds is 6. The Balaban J connectivity index is 2.04. The highest BCUT2D eigenvalue weighted by Crippen LogP contribution is 2.31. The van der Waals surface area contributed by atoms with Gasteiger partial charge < -0.3 is 14.7 Å². The maximum Gasteiger partial charge on any atom is 0.228 e. The summed E-state index contributed by atoms with van der Waals surface area (Å²) in [7, 11) is 3.50. The molecule has 0 aliphatic heterocycles. The Morgan fingerprint density at radius 3 is 2.65 bits per heavy atom. The van der Waals surface area contributed by atoms with Crippen molar-refractivity contribution in [3.05, 3.63) is 29.8 Å². The van der Waals surface area contributed by atoms with Crippen LogP contribution in [0.25, 0.3) is 0 Å². The highest BCUT2D eigenvalue weighted by Gasteiger charge is 2.34. The van der Waals surface area contributed by atoms with E-state index in [0.29, 0.717) is 13.0 Å². The summed E-state index contributed by atoms with van der Waals surface area (Å²) in [5.74, 6) is 1.15. The predicted molar refractivity (Wildman–Crippen MR) is 91.5 cm³/mol. The molecule has 1 fully saturated rings. The lowest BCUT2D eigenvalue weighted by atomic mass is 9.83. The maximum absolute atomic E-state index is 12.9. The number of para-hydroxylation sites is 1. The Labute approximate surface area is 139 Å². The number of aliphatic hydroxyl groups excluding tert-OH is 1. The average Bonchev–Trinajstić information content (AvgIpc) is 2.91. The molecule has 1 aliphatic carbocycles. The molecule has 4 heteroatoms. The molecule has 1 aromatic rings. The number of hydrogen-bond acceptors (Lipinski definition) is 3. The van der Waals surface area contributed by atoms with E-state index >= 15 is 0 Å². The van der Waals surface area contributed by atoms with Gasteiger partial charge >= 0.3 is 0 Å². The topological polar surface area (TPSA) is 49.8 Å². The number of carbonyl (C=O) groups is 1. The molecule has 1 aliphatic rings. The van der Waals surface area contributed by atoms with Gasteiger partial charge in [0.2, 0.25) is 5.91 Å². The van der Waals surface area contributed by atoms with E-state index in [2.05, 4.69) is 0 Å². The summed E-state index contributed by atoms with van der Waals surface area (Å²) in [6.45, 7) is 4.59. The minimum atomic E-state index is -0.507. The summed E-state index contributed by atoms with van der Waals surface area (Å²) in [6, 6.07) is 7.84. The van der Waals surface area contributed by atoms with Crippen LogP contribution in [-0.2, 0) is 11.2 Å². The number of ether oxygens (including phenoxy) is 1. The van der Waals surface area contributed by atoms with Crippen LogP contribution in [0.1, 0.15) is 38.7 Å². The van der Waals surface area contributed by atoms with Crippen molar-refractivity contribution in [3.63, 3.8) is 0 Å². The van der Waals surface area contributed by atoms with Crippen LogP contribution in [0.5, 0.6) is 5.75 Å². The molecule has 0 radical (unpaired) electrons. The van der Waals surface area contributed by atoms with Gasteiger partial charge in [-0.15, -0.1) is 0 Å². The number of hydrogen-bond donors (Lipinski definition) is 1. The van der Waals surface area contributed by atoms with Crippen LogP contribution in [0.15, 0.2) is 24.3 Å². The zero-order valence-electron chi connectivity index (χ0n) is 14.7. The molecule has 0 aromatic heterocycles. The number of benzene rings is 1. The molecule has 1 amide bonds. The van der Waals surface area contributed by atoms with Crippen molar-refractivity contribution in [2.75, 3.05) is 20.7 Å². The van der Waals surface area contributed by atoms with Gasteiger partial charge in [0.1, 0.15) is 5.75 Å². The second-order valence-corrected chi connectivity index (χ2v) is 7.32. The molecule has 4 nitrogen and oxygen atoms in total. The zero-order chi connectivity index (χ0) is 17.0. The highest BCUT2D eigenvalue weighted by atomic mass is 16.5. The fraction of sp³-hybridized carbons (Fsp3) is 0.632. The van der Waals surface area contributed by atoms with Crippen LogP contribution in [0, 0.1) is 11.3 Å². The summed E-state index contributed by atoms with van der Waals surface area (Å²) >= 11 is 0. The molecule has 2 unspecified atom stereocenters. The van der Waals surface area contributed by atoms with Crippen molar-refractivity contribution in [1.82, 2.24) is 4.90 Å². The molecule has 1 saturated carbocycles. The molecular formula is C19H29NO3. The molecule has 0 spiro atoms. The third-order valence-electron chi connectivity index (χ3n) is 4.88. The summed E-state index contributed by atoms with van der Waals surface area (Å²) in [5, 5.41) is 9.97. The molecule has 1 N–H and O–H groups in total. The van der Waals surface area contributed by atoms with E-state index < -0.39 is 5.41 Å². The standard InChI is InChI=1S/C19H29NO3/c1-19(2,12-14-8-5-6-11-17(14)23-4)18(22)20(3)13-15-9-7-10-16(15)21/h5-6,8,11,15-16,21H,7,9-10,12-13H2,1-4H3. The van der Waals surface area contributed by atoms with Gasteiger partial charge in [-0.1, -0.05) is 38.5 Å². The van der Waals surface area contributed by atoms with Crippen molar-refractivity contribution in [2.45, 2.75) is 45.6 Å². The van der Waals surface area contributed by atoms with Gasteiger partial charge in [0.15, 0.2) is 0 Å². The van der Waals surface area contributed by atoms with E-state index in [9.17, 15) is 9.90 Å². The van der Waals surface area contributed by atoms with Gasteiger partial charge in [-0.2, -0.15) is 0 Å². The molecule has 2 rings (SSSR count). The van der Waals surface area contributed by atoms with Crippen LogP contribution < -0.4 is 4.74 Å². The average molecular weight is 319 g/mol. The molecule has 128 valence electrons. The van der Waals surface area contributed by atoms with E-state index in [1.807, 2.05) is 45.2 Å². The molecule has 23 heavy (non-hydrogen) atoms. The van der Waals surface area contributed by atoms with Crippen molar-refractivity contribution in [2.24, 2.45) is 11.3 Å². The van der Waals surface area contributed by atoms with Gasteiger partial charge in [-0.3, -0.25) is 4.79 Å². The number of amides is 1. The zero-order valence-corrected chi connectivity index (χ0v) is 14.7. The summed E-state index contributed by atoms with van der Waals surface area (Å²) < 4.78 is 5.40. The smallest absolute Gasteiger partial charge is 0.228 e. The minimum Gasteiger partial charge on any atom is -0.496 e. The monoisotopic (exact) mass is 319 g/mol. The van der Waals surface area contributed by atoms with E-state index in [-0.39, 0.29) is 17.9 Å². The third kappa shape index (κ3) is 4.25. The van der Waals surface area contributed by atoms with Gasteiger partial charge in [0.05, 0.1) is 13.2 Å². The first kappa shape index (κ1) is 17.8. The molecule has 0 bridgehead atoms. The molecule has 2 atom stereocenters. The Kier molecular flexibility index (Phi) is 5.69. The van der Waals surface area contributed by atoms with E-state index in [1.165, 1.54) is 0 Å². The van der Waals surface area contributed by atoms with Gasteiger partial charge in [-0.25, -0.2) is 0 Å². The van der Waals surface area contributed by atoms with E-state index in [0.717, 1.165) is 30.6 Å². The molecule has 0 saturated heterocycles. The second kappa shape index (κ2) is 7.35. The fourth-order valence-electron chi connectivity index (χ4n) is 3.58. The third-order valence-corrected chi connectivity index (χ3v) is 4.88. The highest BCUT2D eigenvalue weighted by molar-refractivity contribution is 5.82. The first-order chi connectivity index (χ1) is 10.8. The first-order valence-electron chi connectivity index (χ1n) is 8.40. The number of aliphatic hydroxyl groups is 1. The van der Waals surface area contributed by atoms with Crippen molar-refractivity contribution in [3.8, 4) is 5.75 Å². The van der Waals surface area contributed by atoms with Crippen molar-refractivity contribution in [1.29, 1.82) is 0 Å². The van der Waals surface area contributed by atoms with Crippen molar-refractivity contribution < 1.29 is 14.6 Å². The largest absolute Gasteiger partial charge is 0.496 e. The van der Waals surface area contributed by atoms with Gasteiger partial charge in [-0.05, 0) is 30.9 Å². The summed E-state index contributed by atoms with van der Waals surface area (Å²) in [6.07, 6.45) is 3.29. The Morgan fingerprint density at radius 1 is 1.35 bits per heavy atom. The van der Waals surface area contributed by atoms with Gasteiger partial charge in [0, 0.05) is 24.9 Å². The lowest BCUT2D eigenvalue weighted by molar-refractivity contribution is -0.139. The van der Waals surface area contributed by atoms with Crippen LogP contribution in [-0.4, -0.2) is 42.7 Å². The molecular weight excluding hydrogens is 290 g/mol. The molecule has 0 heterocycles. The SMILES string of the molecule is COc1ccccc1CC(C)(C)C(=O)N(C)CC1CCCC1O. The Hall–Kier alpha value is -1.55. The Morgan fingerprint density at radius 2 is 2.04 bits per heavy atom. The van der Waals surface area contributed by atoms with E-state index in [4.69, 9.17) is 4.74 Å². The predicted octanol–water partition coefficient (Wildman–Crippen LogP) is 2.88. The number of nitrogens with zero attached hydrogens (tertiary/aromatic N) is 1.